The summed E-state index contributed by atoms with van der Waals surface area (Å²) >= 11 is 0. The minimum atomic E-state index is -1.30. The van der Waals surface area contributed by atoms with Gasteiger partial charge in [0.2, 0.25) is 6.41 Å². The number of aryl methyl sites for hydroxylation is 3. The highest BCUT2D eigenvalue weighted by atomic mass is 16.4. The topological polar surface area (TPSA) is 57.6 Å². The Morgan fingerprint density at radius 3 is 2.15 bits per heavy atom. The van der Waals surface area contributed by atoms with E-state index in [0.717, 1.165) is 35.1 Å². The first kappa shape index (κ1) is 14.6. The number of carboxylic acids is 1. The van der Waals surface area contributed by atoms with Crippen LogP contribution >= 0.6 is 0 Å². The Morgan fingerprint density at radius 1 is 1.30 bits per heavy atom. The average Bonchev–Trinajstić information content (AvgIpc) is 3.12. The van der Waals surface area contributed by atoms with E-state index in [1.54, 1.807) is 6.92 Å². The van der Waals surface area contributed by atoms with Crippen LogP contribution in [-0.2, 0) is 15.1 Å². The zero-order valence-electron chi connectivity index (χ0n) is 12.4. The molecule has 1 aliphatic carbocycles. The predicted octanol–water partition coefficient (Wildman–Crippen LogP) is 2.53. The molecule has 1 aliphatic rings. The maximum absolute atomic E-state index is 11.9. The fourth-order valence-electron chi connectivity index (χ4n) is 3.20. The molecule has 1 unspecified atom stereocenters. The number of carbonyl (C=O) groups excluding carboxylic acids is 1. The number of nitrogens with zero attached hydrogens (tertiary/aromatic N) is 1. The lowest BCUT2D eigenvalue weighted by Gasteiger charge is -2.38. The van der Waals surface area contributed by atoms with Crippen molar-refractivity contribution in [2.75, 3.05) is 0 Å². The molecule has 1 atom stereocenters. The minimum absolute atomic E-state index is 0.0497. The minimum Gasteiger partial charge on any atom is -0.479 e. The quantitative estimate of drug-likeness (QED) is 0.840. The fraction of sp³-hybridized carbons (Fsp3) is 0.500. The SMILES string of the molecule is Cc1cc(C)c(C(C)(C(=O)O)N(C=O)C2CC2)c(C)c1. The summed E-state index contributed by atoms with van der Waals surface area (Å²) in [5, 5.41) is 9.78. The van der Waals surface area contributed by atoms with Crippen LogP contribution in [-0.4, -0.2) is 28.4 Å². The van der Waals surface area contributed by atoms with Crippen LogP contribution in [0.1, 0.15) is 42.0 Å². The van der Waals surface area contributed by atoms with Gasteiger partial charge in [0.25, 0.3) is 0 Å². The summed E-state index contributed by atoms with van der Waals surface area (Å²) in [7, 11) is 0. The van der Waals surface area contributed by atoms with Gasteiger partial charge in [-0.05, 0) is 57.2 Å². The summed E-state index contributed by atoms with van der Waals surface area (Å²) in [5.74, 6) is -0.980. The second-order valence-electron chi connectivity index (χ2n) is 5.89. The maximum Gasteiger partial charge on any atom is 0.334 e. The average molecular weight is 275 g/mol. The molecule has 0 radical (unpaired) electrons. The van der Waals surface area contributed by atoms with E-state index >= 15 is 0 Å². The maximum atomic E-state index is 11.9. The van der Waals surface area contributed by atoms with E-state index in [2.05, 4.69) is 0 Å². The standard InChI is InChI=1S/C16H21NO3/c1-10-7-11(2)14(12(3)8-10)16(4,15(19)20)17(9-18)13-5-6-13/h7-9,13H,5-6H2,1-4H3,(H,19,20). The van der Waals surface area contributed by atoms with Crippen molar-refractivity contribution in [1.29, 1.82) is 0 Å². The molecule has 4 heteroatoms. The van der Waals surface area contributed by atoms with Gasteiger partial charge in [0.15, 0.2) is 5.54 Å². The van der Waals surface area contributed by atoms with E-state index in [9.17, 15) is 14.7 Å². The highest BCUT2D eigenvalue weighted by molar-refractivity contribution is 5.84. The number of amides is 1. The Labute approximate surface area is 119 Å². The zero-order chi connectivity index (χ0) is 15.1. The molecule has 108 valence electrons. The molecule has 1 amide bonds. The number of rotatable bonds is 5. The molecule has 1 aromatic rings. The van der Waals surface area contributed by atoms with Crippen LogP contribution in [0.15, 0.2) is 12.1 Å². The molecular weight excluding hydrogens is 254 g/mol. The van der Waals surface area contributed by atoms with E-state index in [-0.39, 0.29) is 6.04 Å². The lowest BCUT2D eigenvalue weighted by atomic mass is 9.83. The highest BCUT2D eigenvalue weighted by Gasteiger charge is 2.48. The number of hydrogen-bond donors (Lipinski definition) is 1. The largest absolute Gasteiger partial charge is 0.479 e. The number of aliphatic carboxylic acids is 1. The Balaban J connectivity index is 2.64. The van der Waals surface area contributed by atoms with Gasteiger partial charge in [-0.15, -0.1) is 0 Å². The molecule has 1 aromatic carbocycles. The molecule has 1 N–H and O–H groups in total. The van der Waals surface area contributed by atoms with Crippen LogP contribution in [0.4, 0.5) is 0 Å². The Kier molecular flexibility index (Phi) is 3.59. The van der Waals surface area contributed by atoms with Gasteiger partial charge < -0.3 is 10.0 Å². The Hall–Kier alpha value is -1.84. The van der Waals surface area contributed by atoms with Crippen LogP contribution < -0.4 is 0 Å². The first-order chi connectivity index (χ1) is 9.32. The van der Waals surface area contributed by atoms with Gasteiger partial charge >= 0.3 is 5.97 Å². The third-order valence-corrected chi connectivity index (χ3v) is 4.15. The molecule has 0 aromatic heterocycles. The number of carbonyl (C=O) groups is 2. The summed E-state index contributed by atoms with van der Waals surface area (Å²) < 4.78 is 0. The van der Waals surface area contributed by atoms with E-state index in [1.165, 1.54) is 4.90 Å². The molecule has 0 bridgehead atoms. The highest BCUT2D eigenvalue weighted by Crippen LogP contribution is 2.40. The molecule has 2 rings (SSSR count). The number of hydrogen-bond acceptors (Lipinski definition) is 2. The van der Waals surface area contributed by atoms with Crippen molar-refractivity contribution in [3.63, 3.8) is 0 Å². The van der Waals surface area contributed by atoms with Crippen molar-refractivity contribution in [2.24, 2.45) is 0 Å². The summed E-state index contributed by atoms with van der Waals surface area (Å²) in [6.07, 6.45) is 2.45. The molecule has 0 aliphatic heterocycles. The van der Waals surface area contributed by atoms with Gasteiger partial charge in [-0.2, -0.15) is 0 Å². The fourth-order valence-corrected chi connectivity index (χ4v) is 3.20. The van der Waals surface area contributed by atoms with Crippen LogP contribution in [0.25, 0.3) is 0 Å². The van der Waals surface area contributed by atoms with Gasteiger partial charge in [-0.1, -0.05) is 17.7 Å². The van der Waals surface area contributed by atoms with Crippen LogP contribution in [0, 0.1) is 20.8 Å². The van der Waals surface area contributed by atoms with E-state index in [1.807, 2.05) is 32.9 Å². The van der Waals surface area contributed by atoms with Crippen molar-refractivity contribution < 1.29 is 14.7 Å². The lowest BCUT2D eigenvalue weighted by molar-refractivity contribution is -0.155. The van der Waals surface area contributed by atoms with Crippen molar-refractivity contribution >= 4 is 12.4 Å². The zero-order valence-corrected chi connectivity index (χ0v) is 12.4. The van der Waals surface area contributed by atoms with Crippen LogP contribution in [0.2, 0.25) is 0 Å². The summed E-state index contributed by atoms with van der Waals surface area (Å²) in [4.78, 5) is 24.9. The van der Waals surface area contributed by atoms with Crippen molar-refractivity contribution in [3.05, 3.63) is 34.4 Å². The van der Waals surface area contributed by atoms with Gasteiger partial charge in [0.05, 0.1) is 0 Å². The second kappa shape index (κ2) is 4.93. The van der Waals surface area contributed by atoms with Gasteiger partial charge in [-0.3, -0.25) is 4.79 Å². The molecule has 0 spiro atoms. The van der Waals surface area contributed by atoms with E-state index < -0.39 is 11.5 Å². The molecule has 1 saturated carbocycles. The molecular formula is C16H21NO3. The van der Waals surface area contributed by atoms with Gasteiger partial charge in [0.1, 0.15) is 0 Å². The smallest absolute Gasteiger partial charge is 0.334 e. The van der Waals surface area contributed by atoms with Crippen LogP contribution in [0.5, 0.6) is 0 Å². The third kappa shape index (κ3) is 2.19. The molecule has 4 nitrogen and oxygen atoms in total. The lowest BCUT2D eigenvalue weighted by Crippen LogP contribution is -2.51. The first-order valence-electron chi connectivity index (χ1n) is 6.87. The summed E-state index contributed by atoms with van der Waals surface area (Å²) in [6, 6.07) is 3.99. The van der Waals surface area contributed by atoms with Gasteiger partial charge in [0, 0.05) is 6.04 Å². The summed E-state index contributed by atoms with van der Waals surface area (Å²) in [6.45, 7) is 7.44. The Bertz CT molecular complexity index is 540. The monoisotopic (exact) mass is 275 g/mol. The summed E-state index contributed by atoms with van der Waals surface area (Å²) in [5.41, 5.74) is 2.36. The Morgan fingerprint density at radius 2 is 1.80 bits per heavy atom. The normalized spacial score (nSPS) is 17.4. The molecule has 1 fully saturated rings. The van der Waals surface area contributed by atoms with E-state index in [4.69, 9.17) is 0 Å². The predicted molar refractivity (Wildman–Crippen MR) is 76.6 cm³/mol. The third-order valence-electron chi connectivity index (χ3n) is 4.15. The number of benzene rings is 1. The molecule has 0 saturated heterocycles. The van der Waals surface area contributed by atoms with Crippen LogP contribution in [0.3, 0.4) is 0 Å². The number of carboxylic acid groups (broad SMARTS) is 1. The van der Waals surface area contributed by atoms with E-state index in [0.29, 0.717) is 6.41 Å². The van der Waals surface area contributed by atoms with Crippen molar-refractivity contribution in [2.45, 2.75) is 52.1 Å². The van der Waals surface area contributed by atoms with Crippen molar-refractivity contribution in [3.8, 4) is 0 Å². The van der Waals surface area contributed by atoms with Gasteiger partial charge in [-0.25, -0.2) is 4.79 Å². The molecule has 0 heterocycles. The second-order valence-corrected chi connectivity index (χ2v) is 5.89. The first-order valence-corrected chi connectivity index (χ1v) is 6.87. The van der Waals surface area contributed by atoms with Crippen molar-refractivity contribution in [1.82, 2.24) is 4.90 Å². The molecule has 20 heavy (non-hydrogen) atoms.